The van der Waals surface area contributed by atoms with E-state index in [9.17, 15) is 29.1 Å². The van der Waals surface area contributed by atoms with E-state index in [0.29, 0.717) is 50.9 Å². The first kappa shape index (κ1) is 32.6. The summed E-state index contributed by atoms with van der Waals surface area (Å²) in [4.78, 5) is 60.9. The zero-order valence-electron chi connectivity index (χ0n) is 20.3. The fourth-order valence-electron chi connectivity index (χ4n) is 3.13. The van der Waals surface area contributed by atoms with Crippen LogP contribution in [0.4, 0.5) is 0 Å². The molecule has 13 nitrogen and oxygen atoms in total. The second kappa shape index (κ2) is 18.9. The number of amides is 4. The molecule has 4 amide bonds. The molecule has 0 radical (unpaired) electrons. The molecule has 0 rings (SSSR count). The summed E-state index contributed by atoms with van der Waals surface area (Å²) in [7, 11) is 0. The van der Waals surface area contributed by atoms with E-state index in [4.69, 9.17) is 22.9 Å². The van der Waals surface area contributed by atoms with Crippen LogP contribution in [0.1, 0.15) is 51.4 Å². The van der Waals surface area contributed by atoms with Gasteiger partial charge in [-0.1, -0.05) is 6.42 Å². The number of primary amides is 1. The van der Waals surface area contributed by atoms with Gasteiger partial charge in [-0.15, -0.1) is 0 Å². The monoisotopic (exact) mass is 519 g/mol. The van der Waals surface area contributed by atoms with Crippen molar-refractivity contribution in [2.45, 2.75) is 75.5 Å². The molecule has 0 aliphatic carbocycles. The molecule has 0 aromatic rings. The summed E-state index contributed by atoms with van der Waals surface area (Å²) in [6.07, 6.45) is 4.60. The Morgan fingerprint density at radius 1 is 0.771 bits per heavy atom. The highest BCUT2D eigenvalue weighted by atomic mass is 32.2. The number of carbonyl (C=O) groups excluding carboxylic acids is 4. The molecule has 35 heavy (non-hydrogen) atoms. The molecule has 202 valence electrons. The lowest BCUT2D eigenvalue weighted by Gasteiger charge is -2.25. The van der Waals surface area contributed by atoms with Crippen LogP contribution in [0.25, 0.3) is 0 Å². The van der Waals surface area contributed by atoms with E-state index in [-0.39, 0.29) is 6.42 Å². The van der Waals surface area contributed by atoms with Crippen molar-refractivity contribution in [3.8, 4) is 0 Å². The van der Waals surface area contributed by atoms with Crippen LogP contribution in [0.3, 0.4) is 0 Å². The summed E-state index contributed by atoms with van der Waals surface area (Å²) < 4.78 is 0. The Kier molecular flexibility index (Phi) is 17.5. The van der Waals surface area contributed by atoms with Crippen molar-refractivity contribution in [1.29, 1.82) is 0 Å². The van der Waals surface area contributed by atoms with Gasteiger partial charge in [0.15, 0.2) is 0 Å². The molecule has 12 N–H and O–H groups in total. The number of carboxylic acids is 1. The van der Waals surface area contributed by atoms with E-state index in [1.54, 1.807) is 0 Å². The Morgan fingerprint density at radius 2 is 1.26 bits per heavy atom. The number of rotatable bonds is 20. The van der Waals surface area contributed by atoms with Crippen LogP contribution < -0.4 is 38.9 Å². The van der Waals surface area contributed by atoms with Gasteiger partial charge in [-0.3, -0.25) is 19.2 Å². The molecule has 14 heteroatoms. The molecule has 0 saturated heterocycles. The minimum absolute atomic E-state index is 0.180. The number of carboxylic acid groups (broad SMARTS) is 1. The lowest BCUT2D eigenvalue weighted by Crippen LogP contribution is -2.57. The van der Waals surface area contributed by atoms with Gasteiger partial charge in [-0.25, -0.2) is 4.79 Å². The third-order valence-electron chi connectivity index (χ3n) is 5.15. The average molecular weight is 520 g/mol. The van der Waals surface area contributed by atoms with E-state index in [0.717, 1.165) is 6.42 Å². The smallest absolute Gasteiger partial charge is 0.326 e. The molecular formula is C21H41N7O6S. The van der Waals surface area contributed by atoms with Gasteiger partial charge in [0.25, 0.3) is 0 Å². The van der Waals surface area contributed by atoms with Crippen LogP contribution in [0.15, 0.2) is 0 Å². The minimum Gasteiger partial charge on any atom is -0.480 e. The van der Waals surface area contributed by atoms with E-state index in [1.165, 1.54) is 11.8 Å². The Bertz CT molecular complexity index is 697. The predicted molar refractivity (Wildman–Crippen MR) is 134 cm³/mol. The van der Waals surface area contributed by atoms with Crippen LogP contribution in [0.2, 0.25) is 0 Å². The van der Waals surface area contributed by atoms with E-state index in [1.807, 2.05) is 6.26 Å². The fourth-order valence-corrected chi connectivity index (χ4v) is 3.60. The zero-order valence-corrected chi connectivity index (χ0v) is 21.1. The van der Waals surface area contributed by atoms with E-state index < -0.39 is 60.2 Å². The summed E-state index contributed by atoms with van der Waals surface area (Å²) in [5, 5.41) is 16.8. The van der Waals surface area contributed by atoms with Crippen LogP contribution in [-0.2, 0) is 24.0 Å². The second-order valence-corrected chi connectivity index (χ2v) is 9.13. The fraction of sp³-hybridized carbons (Fsp3) is 0.762. The van der Waals surface area contributed by atoms with Crippen molar-refractivity contribution in [2.75, 3.05) is 25.1 Å². The predicted octanol–water partition coefficient (Wildman–Crippen LogP) is -2.26. The van der Waals surface area contributed by atoms with E-state index in [2.05, 4.69) is 16.0 Å². The summed E-state index contributed by atoms with van der Waals surface area (Å²) in [5.41, 5.74) is 22.0. The number of hydrogen-bond donors (Lipinski definition) is 8. The molecule has 0 spiro atoms. The third-order valence-corrected chi connectivity index (χ3v) is 5.79. The Morgan fingerprint density at radius 3 is 1.74 bits per heavy atom. The minimum atomic E-state index is -1.53. The molecule has 0 heterocycles. The molecule has 0 aliphatic heterocycles. The maximum absolute atomic E-state index is 13.0. The van der Waals surface area contributed by atoms with Gasteiger partial charge >= 0.3 is 5.97 Å². The summed E-state index contributed by atoms with van der Waals surface area (Å²) in [5.74, 6) is -3.64. The van der Waals surface area contributed by atoms with Crippen molar-refractivity contribution in [3.05, 3.63) is 0 Å². The van der Waals surface area contributed by atoms with Crippen molar-refractivity contribution in [3.63, 3.8) is 0 Å². The normalized spacial score (nSPS) is 14.3. The number of thioether (sulfide) groups is 1. The Labute approximate surface area is 210 Å². The number of nitrogens with two attached hydrogens (primary N) is 4. The molecular weight excluding hydrogens is 478 g/mol. The molecule has 0 bridgehead atoms. The molecule has 4 atom stereocenters. The average Bonchev–Trinajstić information content (AvgIpc) is 2.80. The van der Waals surface area contributed by atoms with Gasteiger partial charge in [0.2, 0.25) is 23.6 Å². The van der Waals surface area contributed by atoms with Crippen molar-refractivity contribution in [1.82, 2.24) is 16.0 Å². The molecule has 0 saturated carbocycles. The van der Waals surface area contributed by atoms with Crippen LogP contribution in [0.5, 0.6) is 0 Å². The third kappa shape index (κ3) is 14.5. The first-order valence-corrected chi connectivity index (χ1v) is 13.0. The van der Waals surface area contributed by atoms with Gasteiger partial charge in [0.05, 0.1) is 12.5 Å². The van der Waals surface area contributed by atoms with Crippen molar-refractivity contribution < 1.29 is 29.1 Å². The topological polar surface area (TPSA) is 246 Å². The SMILES string of the molecule is CSCCC(NC(=O)C(N)CCCCN)C(=O)NC(CCCCN)C(=O)NC(CC(N)=O)C(=O)O. The van der Waals surface area contributed by atoms with Gasteiger partial charge in [-0.2, -0.15) is 11.8 Å². The zero-order chi connectivity index (χ0) is 26.8. The van der Waals surface area contributed by atoms with Crippen molar-refractivity contribution in [2.24, 2.45) is 22.9 Å². The molecule has 0 aliphatic rings. The second-order valence-electron chi connectivity index (χ2n) is 8.15. The Hall–Kier alpha value is -2.42. The lowest BCUT2D eigenvalue weighted by atomic mass is 10.1. The van der Waals surface area contributed by atoms with E-state index >= 15 is 0 Å². The number of nitrogens with one attached hydrogen (secondary N) is 3. The standard InChI is InChI=1S/C21H41N7O6S/c1-35-11-8-15(26-18(30)13(24)6-2-4-9-22)20(32)27-14(7-3-5-10-23)19(31)28-16(21(33)34)12-17(25)29/h13-16H,2-12,22-24H2,1H3,(H2,25,29)(H,26,30)(H,27,32)(H,28,31)(H,33,34). The number of unbranched alkanes of at least 4 members (excludes halogenated alkanes) is 2. The van der Waals surface area contributed by atoms with Gasteiger partial charge in [0, 0.05) is 0 Å². The molecule has 0 fully saturated rings. The van der Waals surface area contributed by atoms with Crippen molar-refractivity contribution >= 4 is 41.4 Å². The van der Waals surface area contributed by atoms with Gasteiger partial charge in [0.1, 0.15) is 18.1 Å². The molecule has 4 unspecified atom stereocenters. The highest BCUT2D eigenvalue weighted by molar-refractivity contribution is 7.98. The Balaban J connectivity index is 5.42. The van der Waals surface area contributed by atoms with Gasteiger partial charge in [-0.05, 0) is 63.6 Å². The maximum atomic E-state index is 13.0. The van der Waals surface area contributed by atoms with Crippen LogP contribution in [0, 0.1) is 0 Å². The number of hydrogen-bond acceptors (Lipinski definition) is 9. The lowest BCUT2D eigenvalue weighted by molar-refractivity contribution is -0.143. The number of carbonyl (C=O) groups is 5. The highest BCUT2D eigenvalue weighted by Crippen LogP contribution is 2.07. The summed E-state index contributed by atoms with van der Waals surface area (Å²) >= 11 is 1.48. The number of aliphatic carboxylic acids is 1. The summed E-state index contributed by atoms with van der Waals surface area (Å²) in [6, 6.07) is -4.38. The highest BCUT2D eigenvalue weighted by Gasteiger charge is 2.30. The van der Waals surface area contributed by atoms with Crippen LogP contribution >= 0.6 is 11.8 Å². The van der Waals surface area contributed by atoms with Crippen LogP contribution in [-0.4, -0.2) is 84.0 Å². The first-order chi connectivity index (χ1) is 16.6. The quantitative estimate of drug-likeness (QED) is 0.0802. The first-order valence-electron chi connectivity index (χ1n) is 11.6. The molecule has 0 aromatic carbocycles. The largest absolute Gasteiger partial charge is 0.480 e. The molecule has 0 aromatic heterocycles. The van der Waals surface area contributed by atoms with Gasteiger partial charge < -0.3 is 44.0 Å². The summed E-state index contributed by atoms with van der Waals surface area (Å²) in [6.45, 7) is 0.860. The maximum Gasteiger partial charge on any atom is 0.326 e.